The molecule has 0 amide bonds. The van der Waals surface area contributed by atoms with E-state index in [-0.39, 0.29) is 0 Å². The van der Waals surface area contributed by atoms with Gasteiger partial charge in [0.15, 0.2) is 0 Å². The molecule has 1 nitrogen and oxygen atoms in total. The Bertz CT molecular complexity index is 949. The van der Waals surface area contributed by atoms with Gasteiger partial charge in [0.1, 0.15) is 0 Å². The fraction of sp³-hybridized carbons (Fsp3) is 0. The fourth-order valence-corrected chi connectivity index (χ4v) is 3.79. The van der Waals surface area contributed by atoms with Gasteiger partial charge in [0, 0.05) is 15.5 Å². The Morgan fingerprint density at radius 1 is 0.583 bits per heavy atom. The van der Waals surface area contributed by atoms with Gasteiger partial charge in [0.25, 0.3) is 0 Å². The summed E-state index contributed by atoms with van der Waals surface area (Å²) in [6.07, 6.45) is 0. The van der Waals surface area contributed by atoms with Crippen molar-refractivity contribution < 1.29 is 0 Å². The molecule has 0 saturated carbocycles. The van der Waals surface area contributed by atoms with Gasteiger partial charge < -0.3 is 5.32 Å². The third-order valence-electron chi connectivity index (χ3n) is 3.90. The van der Waals surface area contributed by atoms with Gasteiger partial charge in [-0.05, 0) is 41.1 Å². The number of hydrogen-bond donors (Lipinski definition) is 1. The van der Waals surface area contributed by atoms with E-state index >= 15 is 0 Å². The van der Waals surface area contributed by atoms with Gasteiger partial charge in [0.2, 0.25) is 0 Å². The average molecular weight is 327 g/mol. The highest BCUT2D eigenvalue weighted by molar-refractivity contribution is 7.99. The molecule has 4 aromatic rings. The average Bonchev–Trinajstić information content (AvgIpc) is 2.65. The van der Waals surface area contributed by atoms with Crippen LogP contribution in [0.4, 0.5) is 11.4 Å². The minimum atomic E-state index is 1.10. The minimum absolute atomic E-state index is 1.10. The van der Waals surface area contributed by atoms with Gasteiger partial charge >= 0.3 is 0 Å². The molecular formula is C22H17NS. The molecule has 2 heteroatoms. The predicted molar refractivity (Wildman–Crippen MR) is 104 cm³/mol. The first-order valence-corrected chi connectivity index (χ1v) is 8.78. The van der Waals surface area contributed by atoms with Crippen molar-refractivity contribution >= 4 is 33.9 Å². The highest BCUT2D eigenvalue weighted by Gasteiger charge is 2.09. The maximum absolute atomic E-state index is 3.56. The first-order chi connectivity index (χ1) is 11.9. The van der Waals surface area contributed by atoms with Crippen LogP contribution in [0.3, 0.4) is 0 Å². The van der Waals surface area contributed by atoms with Crippen LogP contribution in [-0.2, 0) is 0 Å². The van der Waals surface area contributed by atoms with Crippen molar-refractivity contribution in [3.8, 4) is 0 Å². The van der Waals surface area contributed by atoms with Crippen molar-refractivity contribution in [2.75, 3.05) is 5.32 Å². The van der Waals surface area contributed by atoms with Gasteiger partial charge in [-0.15, -0.1) is 0 Å². The van der Waals surface area contributed by atoms with Gasteiger partial charge in [-0.25, -0.2) is 0 Å². The number of anilines is 2. The summed E-state index contributed by atoms with van der Waals surface area (Å²) in [6, 6.07) is 33.7. The van der Waals surface area contributed by atoms with Gasteiger partial charge in [-0.1, -0.05) is 78.5 Å². The molecule has 0 atom stereocenters. The Morgan fingerprint density at radius 2 is 1.25 bits per heavy atom. The van der Waals surface area contributed by atoms with Crippen LogP contribution in [0.5, 0.6) is 0 Å². The van der Waals surface area contributed by atoms with Crippen LogP contribution in [-0.4, -0.2) is 0 Å². The summed E-state index contributed by atoms with van der Waals surface area (Å²) in [7, 11) is 0. The van der Waals surface area contributed by atoms with E-state index in [1.807, 2.05) is 18.2 Å². The third-order valence-corrected chi connectivity index (χ3v) is 5.05. The molecule has 0 aliphatic rings. The zero-order valence-corrected chi connectivity index (χ0v) is 14.0. The van der Waals surface area contributed by atoms with E-state index in [1.54, 1.807) is 11.8 Å². The largest absolute Gasteiger partial charge is 0.355 e. The molecule has 0 aromatic heterocycles. The molecule has 1 N–H and O–H groups in total. The van der Waals surface area contributed by atoms with Crippen LogP contribution in [0.1, 0.15) is 0 Å². The first kappa shape index (κ1) is 14.9. The maximum Gasteiger partial charge on any atom is 0.0532 e. The normalized spacial score (nSPS) is 10.7. The van der Waals surface area contributed by atoms with E-state index in [4.69, 9.17) is 0 Å². The highest BCUT2D eigenvalue weighted by atomic mass is 32.2. The van der Waals surface area contributed by atoms with Crippen molar-refractivity contribution in [3.05, 3.63) is 97.1 Å². The van der Waals surface area contributed by atoms with Crippen LogP contribution >= 0.6 is 11.8 Å². The van der Waals surface area contributed by atoms with E-state index in [2.05, 4.69) is 84.2 Å². The molecular weight excluding hydrogens is 310 g/mol. The molecule has 0 fully saturated rings. The molecule has 0 saturated heterocycles. The zero-order valence-electron chi connectivity index (χ0n) is 13.1. The van der Waals surface area contributed by atoms with Crippen molar-refractivity contribution in [2.45, 2.75) is 9.79 Å². The molecule has 0 heterocycles. The van der Waals surface area contributed by atoms with Crippen molar-refractivity contribution in [1.82, 2.24) is 0 Å². The standard InChI is InChI=1S/C22H17NS/c1-3-10-18(11-4-1)23-21-16-15-17-9-7-8-14-20(17)22(21)24-19-12-5-2-6-13-19/h1-16,23H. The summed E-state index contributed by atoms with van der Waals surface area (Å²) in [5.41, 5.74) is 2.23. The molecule has 0 bridgehead atoms. The quantitative estimate of drug-likeness (QED) is 0.446. The molecule has 0 unspecified atom stereocenters. The molecule has 4 rings (SSSR count). The second-order valence-electron chi connectivity index (χ2n) is 5.57. The summed E-state index contributed by atoms with van der Waals surface area (Å²) in [5.74, 6) is 0. The van der Waals surface area contributed by atoms with Crippen LogP contribution in [0.15, 0.2) is 107 Å². The number of nitrogens with one attached hydrogen (secondary N) is 1. The van der Waals surface area contributed by atoms with Crippen molar-refractivity contribution in [1.29, 1.82) is 0 Å². The van der Waals surface area contributed by atoms with E-state index in [0.29, 0.717) is 0 Å². The van der Waals surface area contributed by atoms with Crippen LogP contribution in [0.25, 0.3) is 10.8 Å². The van der Waals surface area contributed by atoms with Gasteiger partial charge in [-0.3, -0.25) is 0 Å². The number of rotatable bonds is 4. The van der Waals surface area contributed by atoms with E-state index in [0.717, 1.165) is 11.4 Å². The van der Waals surface area contributed by atoms with E-state index < -0.39 is 0 Å². The Kier molecular flexibility index (Phi) is 4.22. The molecule has 116 valence electrons. The lowest BCUT2D eigenvalue weighted by molar-refractivity contribution is 1.42. The first-order valence-electron chi connectivity index (χ1n) is 7.97. The molecule has 4 aromatic carbocycles. The Hall–Kier alpha value is -2.71. The Morgan fingerprint density at radius 3 is 2.04 bits per heavy atom. The van der Waals surface area contributed by atoms with E-state index in [9.17, 15) is 0 Å². The topological polar surface area (TPSA) is 12.0 Å². The Labute approximate surface area is 146 Å². The van der Waals surface area contributed by atoms with E-state index in [1.165, 1.54) is 20.6 Å². The highest BCUT2D eigenvalue weighted by Crippen LogP contribution is 2.40. The molecule has 24 heavy (non-hydrogen) atoms. The summed E-state index contributed by atoms with van der Waals surface area (Å²) in [5, 5.41) is 6.09. The SMILES string of the molecule is c1ccc(Nc2ccc3ccccc3c2Sc2ccccc2)cc1. The Balaban J connectivity index is 1.82. The summed E-state index contributed by atoms with van der Waals surface area (Å²) in [4.78, 5) is 2.49. The smallest absolute Gasteiger partial charge is 0.0532 e. The minimum Gasteiger partial charge on any atom is -0.355 e. The number of benzene rings is 4. The molecule has 0 radical (unpaired) electrons. The lowest BCUT2D eigenvalue weighted by Crippen LogP contribution is -1.93. The predicted octanol–water partition coefficient (Wildman–Crippen LogP) is 6.73. The maximum atomic E-state index is 3.56. The van der Waals surface area contributed by atoms with Crippen LogP contribution in [0.2, 0.25) is 0 Å². The van der Waals surface area contributed by atoms with Gasteiger partial charge in [-0.2, -0.15) is 0 Å². The molecule has 0 aliphatic carbocycles. The van der Waals surface area contributed by atoms with Gasteiger partial charge in [0.05, 0.1) is 5.69 Å². The molecule has 0 spiro atoms. The van der Waals surface area contributed by atoms with Crippen LogP contribution < -0.4 is 5.32 Å². The zero-order chi connectivity index (χ0) is 16.2. The lowest BCUT2D eigenvalue weighted by atomic mass is 10.1. The lowest BCUT2D eigenvalue weighted by Gasteiger charge is -2.15. The number of fused-ring (bicyclic) bond motifs is 1. The third kappa shape index (κ3) is 3.15. The summed E-state index contributed by atoms with van der Waals surface area (Å²) < 4.78 is 0. The monoisotopic (exact) mass is 327 g/mol. The van der Waals surface area contributed by atoms with Crippen molar-refractivity contribution in [3.63, 3.8) is 0 Å². The second-order valence-corrected chi connectivity index (χ2v) is 6.65. The number of hydrogen-bond acceptors (Lipinski definition) is 2. The molecule has 0 aliphatic heterocycles. The summed E-state index contributed by atoms with van der Waals surface area (Å²) in [6.45, 7) is 0. The fourth-order valence-electron chi connectivity index (χ4n) is 2.73. The number of para-hydroxylation sites is 1. The van der Waals surface area contributed by atoms with Crippen LogP contribution in [0, 0.1) is 0 Å². The summed E-state index contributed by atoms with van der Waals surface area (Å²) >= 11 is 1.80. The van der Waals surface area contributed by atoms with Crippen molar-refractivity contribution in [2.24, 2.45) is 0 Å². The second kappa shape index (κ2) is 6.81.